The van der Waals surface area contributed by atoms with Gasteiger partial charge < -0.3 is 11.1 Å². The van der Waals surface area contributed by atoms with Crippen LogP contribution in [0.3, 0.4) is 0 Å². The Hall–Kier alpha value is -1.42. The van der Waals surface area contributed by atoms with Gasteiger partial charge in [0.2, 0.25) is 0 Å². The number of nitrogens with zero attached hydrogens (tertiary/aromatic N) is 1. The largest absolute Gasteiger partial charge is 0.356 e. The van der Waals surface area contributed by atoms with E-state index in [1.807, 2.05) is 0 Å². The molecule has 0 bridgehead atoms. The van der Waals surface area contributed by atoms with E-state index in [4.69, 9.17) is 0 Å². The summed E-state index contributed by atoms with van der Waals surface area (Å²) in [5.74, 6) is -0.0910. The van der Waals surface area contributed by atoms with Gasteiger partial charge in [-0.25, -0.2) is 0 Å². The molecule has 0 radical (unpaired) electrons. The normalized spacial score (nSPS) is 9.42. The van der Waals surface area contributed by atoms with E-state index in [9.17, 15) is 4.79 Å². The minimum Gasteiger partial charge on any atom is -0.356 e. The predicted octanol–water partition coefficient (Wildman–Crippen LogP) is -0.947. The van der Waals surface area contributed by atoms with Crippen LogP contribution < -0.4 is 11.1 Å². The van der Waals surface area contributed by atoms with Crippen LogP contribution in [0.1, 0.15) is 10.4 Å². The van der Waals surface area contributed by atoms with Gasteiger partial charge in [0.05, 0.1) is 18.7 Å². The minimum absolute atomic E-state index is 0.0910. The number of rotatable bonds is 3. The van der Waals surface area contributed by atoms with E-state index < -0.39 is 0 Å². The summed E-state index contributed by atoms with van der Waals surface area (Å²) in [5, 5.41) is 2.71. The van der Waals surface area contributed by atoms with Crippen LogP contribution in [-0.4, -0.2) is 24.0 Å². The van der Waals surface area contributed by atoms with Crippen molar-refractivity contribution in [3.63, 3.8) is 0 Å². The summed E-state index contributed by atoms with van der Waals surface area (Å²) in [6, 6.07) is 3.46. The number of amides is 1. The van der Waals surface area contributed by atoms with Crippen molar-refractivity contribution in [2.75, 3.05) is 13.1 Å². The molecule has 0 unspecified atom stereocenters. The molecule has 0 aliphatic heterocycles. The zero-order valence-corrected chi connectivity index (χ0v) is 6.79. The Bertz CT molecular complexity index is 248. The summed E-state index contributed by atoms with van der Waals surface area (Å²) in [5.41, 5.74) is 4.21. The first-order valence-electron chi connectivity index (χ1n) is 3.82. The molecule has 64 valence electrons. The molecule has 1 heterocycles. The minimum atomic E-state index is -0.0910. The average molecular weight is 166 g/mol. The predicted molar refractivity (Wildman–Crippen MR) is 44.3 cm³/mol. The van der Waals surface area contributed by atoms with Crippen LogP contribution in [0, 0.1) is 0 Å². The number of hydrogen-bond donors (Lipinski definition) is 2. The van der Waals surface area contributed by atoms with E-state index in [0.717, 1.165) is 0 Å². The second kappa shape index (κ2) is 4.46. The molecule has 0 aromatic carbocycles. The molecular weight excluding hydrogens is 154 g/mol. The van der Waals surface area contributed by atoms with Crippen molar-refractivity contribution >= 4 is 5.91 Å². The summed E-state index contributed by atoms with van der Waals surface area (Å²) < 4.78 is 0. The standard InChI is InChI=1S/C8H11N3O/c9-3-5-11-8(12)7-2-1-4-10-6-7/h1-2,4,6H,3,5,9H2,(H,11,12)/p+1. The fourth-order valence-corrected chi connectivity index (χ4v) is 0.801. The van der Waals surface area contributed by atoms with Crippen molar-refractivity contribution in [2.24, 2.45) is 0 Å². The number of carbonyl (C=O) groups excluding carboxylic acids is 1. The molecule has 0 saturated carbocycles. The Labute approximate surface area is 70.8 Å². The molecular formula is C8H12N3O+. The molecule has 1 aromatic heterocycles. The number of quaternary nitrogens is 1. The van der Waals surface area contributed by atoms with Crippen molar-refractivity contribution in [3.05, 3.63) is 30.1 Å². The van der Waals surface area contributed by atoms with Gasteiger partial charge in [0.1, 0.15) is 0 Å². The lowest BCUT2D eigenvalue weighted by molar-refractivity contribution is -0.364. The lowest BCUT2D eigenvalue weighted by Gasteiger charge is -2.00. The Balaban J connectivity index is 2.54. The molecule has 0 aliphatic carbocycles. The zero-order chi connectivity index (χ0) is 8.81. The van der Waals surface area contributed by atoms with Gasteiger partial charge in [0.15, 0.2) is 0 Å². The smallest absolute Gasteiger partial charge is 0.253 e. The SMILES string of the molecule is [NH3+]CCNC(=O)c1cccnc1. The van der Waals surface area contributed by atoms with Crippen LogP contribution in [0.2, 0.25) is 0 Å². The van der Waals surface area contributed by atoms with Crippen molar-refractivity contribution in [1.29, 1.82) is 0 Å². The number of hydrogen-bond acceptors (Lipinski definition) is 2. The number of pyridine rings is 1. The summed E-state index contributed by atoms with van der Waals surface area (Å²) >= 11 is 0. The second-order valence-corrected chi connectivity index (χ2v) is 2.35. The third-order valence-corrected chi connectivity index (χ3v) is 1.39. The third kappa shape index (κ3) is 2.32. The molecule has 0 saturated heterocycles. The lowest BCUT2D eigenvalue weighted by atomic mass is 10.3. The van der Waals surface area contributed by atoms with E-state index >= 15 is 0 Å². The molecule has 0 aliphatic rings. The van der Waals surface area contributed by atoms with Gasteiger partial charge in [-0.1, -0.05) is 0 Å². The fourth-order valence-electron chi connectivity index (χ4n) is 0.801. The fraction of sp³-hybridized carbons (Fsp3) is 0.250. The van der Waals surface area contributed by atoms with Gasteiger partial charge in [-0.05, 0) is 12.1 Å². The molecule has 4 heteroatoms. The first-order valence-corrected chi connectivity index (χ1v) is 3.82. The Morgan fingerprint density at radius 1 is 1.67 bits per heavy atom. The summed E-state index contributed by atoms with van der Waals surface area (Å²) in [7, 11) is 0. The van der Waals surface area contributed by atoms with Gasteiger partial charge in [-0.3, -0.25) is 9.78 Å². The molecule has 4 N–H and O–H groups in total. The summed E-state index contributed by atoms with van der Waals surface area (Å²) in [4.78, 5) is 15.1. The van der Waals surface area contributed by atoms with E-state index in [2.05, 4.69) is 16.0 Å². The molecule has 0 atom stereocenters. The van der Waals surface area contributed by atoms with Crippen molar-refractivity contribution < 1.29 is 10.5 Å². The first-order chi connectivity index (χ1) is 5.84. The van der Waals surface area contributed by atoms with Gasteiger partial charge >= 0.3 is 0 Å². The highest BCUT2D eigenvalue weighted by Crippen LogP contribution is 1.93. The first kappa shape index (κ1) is 8.67. The van der Waals surface area contributed by atoms with Crippen LogP contribution in [-0.2, 0) is 0 Å². The quantitative estimate of drug-likeness (QED) is 0.608. The molecule has 0 spiro atoms. The average Bonchev–Trinajstić information content (AvgIpc) is 2.15. The number of aromatic nitrogens is 1. The van der Waals surface area contributed by atoms with E-state index in [0.29, 0.717) is 18.7 Å². The van der Waals surface area contributed by atoms with Gasteiger partial charge in [-0.2, -0.15) is 0 Å². The van der Waals surface area contributed by atoms with Crippen LogP contribution >= 0.6 is 0 Å². The lowest BCUT2D eigenvalue weighted by Crippen LogP contribution is -2.54. The highest BCUT2D eigenvalue weighted by Gasteiger charge is 2.02. The molecule has 0 fully saturated rings. The number of carbonyl (C=O) groups is 1. The highest BCUT2D eigenvalue weighted by molar-refractivity contribution is 5.93. The summed E-state index contributed by atoms with van der Waals surface area (Å²) in [6.45, 7) is 1.31. The van der Waals surface area contributed by atoms with E-state index in [1.54, 1.807) is 24.5 Å². The maximum atomic E-state index is 11.2. The topological polar surface area (TPSA) is 69.6 Å². The maximum absolute atomic E-state index is 11.2. The highest BCUT2D eigenvalue weighted by atomic mass is 16.1. The van der Waals surface area contributed by atoms with Crippen molar-refractivity contribution in [2.45, 2.75) is 0 Å². The monoisotopic (exact) mass is 166 g/mol. The maximum Gasteiger partial charge on any atom is 0.253 e. The van der Waals surface area contributed by atoms with E-state index in [-0.39, 0.29) is 5.91 Å². The zero-order valence-electron chi connectivity index (χ0n) is 6.79. The second-order valence-electron chi connectivity index (χ2n) is 2.35. The van der Waals surface area contributed by atoms with Crippen molar-refractivity contribution in [3.8, 4) is 0 Å². The third-order valence-electron chi connectivity index (χ3n) is 1.39. The number of nitrogens with one attached hydrogen (secondary N) is 1. The molecule has 1 amide bonds. The van der Waals surface area contributed by atoms with Gasteiger partial charge in [-0.15, -0.1) is 0 Å². The van der Waals surface area contributed by atoms with Gasteiger partial charge in [0, 0.05) is 12.4 Å². The Morgan fingerprint density at radius 2 is 2.50 bits per heavy atom. The van der Waals surface area contributed by atoms with Crippen LogP contribution in [0.4, 0.5) is 0 Å². The molecule has 12 heavy (non-hydrogen) atoms. The Kier molecular flexibility index (Phi) is 3.22. The van der Waals surface area contributed by atoms with Crippen LogP contribution in [0.15, 0.2) is 24.5 Å². The van der Waals surface area contributed by atoms with Crippen LogP contribution in [0.5, 0.6) is 0 Å². The van der Waals surface area contributed by atoms with Crippen LogP contribution in [0.25, 0.3) is 0 Å². The van der Waals surface area contributed by atoms with Gasteiger partial charge in [0.25, 0.3) is 5.91 Å². The molecule has 4 nitrogen and oxygen atoms in total. The Morgan fingerprint density at radius 3 is 3.08 bits per heavy atom. The summed E-state index contributed by atoms with van der Waals surface area (Å²) in [6.07, 6.45) is 3.18. The van der Waals surface area contributed by atoms with E-state index in [1.165, 1.54) is 0 Å². The molecule has 1 rings (SSSR count). The molecule has 1 aromatic rings. The van der Waals surface area contributed by atoms with Crippen molar-refractivity contribution in [1.82, 2.24) is 10.3 Å².